The van der Waals surface area contributed by atoms with Crippen molar-refractivity contribution in [3.8, 4) is 0 Å². The number of epoxide rings is 1. The quantitative estimate of drug-likeness (QED) is 0.632. The standard InChI is InChI=1S/C9H18O2/c1-7(2)4-5-8(3)9(10)6-11-9/h7-8,10H,4-6H2,1-3H3. The van der Waals surface area contributed by atoms with E-state index >= 15 is 0 Å². The molecule has 1 N–H and O–H groups in total. The minimum atomic E-state index is -0.755. The third kappa shape index (κ3) is 2.46. The summed E-state index contributed by atoms with van der Waals surface area (Å²) in [5, 5.41) is 9.49. The lowest BCUT2D eigenvalue weighted by atomic mass is 9.95. The van der Waals surface area contributed by atoms with Crippen molar-refractivity contribution in [3.63, 3.8) is 0 Å². The van der Waals surface area contributed by atoms with Gasteiger partial charge in [-0.2, -0.15) is 0 Å². The Bertz CT molecular complexity index is 128. The van der Waals surface area contributed by atoms with E-state index in [0.29, 0.717) is 12.5 Å². The molecule has 1 saturated heterocycles. The molecule has 2 nitrogen and oxygen atoms in total. The summed E-state index contributed by atoms with van der Waals surface area (Å²) in [6.07, 6.45) is 2.24. The molecule has 0 amide bonds. The van der Waals surface area contributed by atoms with Gasteiger partial charge in [-0.15, -0.1) is 0 Å². The zero-order valence-corrected chi connectivity index (χ0v) is 7.63. The Hall–Kier alpha value is -0.0800. The summed E-state index contributed by atoms with van der Waals surface area (Å²) in [5.74, 6) is 0.263. The van der Waals surface area contributed by atoms with Crippen molar-refractivity contribution in [2.45, 2.75) is 39.4 Å². The largest absolute Gasteiger partial charge is 0.363 e. The van der Waals surface area contributed by atoms with Crippen LogP contribution in [0.2, 0.25) is 0 Å². The summed E-state index contributed by atoms with van der Waals surface area (Å²) < 4.78 is 4.95. The first-order chi connectivity index (χ1) is 5.04. The van der Waals surface area contributed by atoms with E-state index in [-0.39, 0.29) is 0 Å². The Kier molecular flexibility index (Phi) is 2.55. The molecular weight excluding hydrogens is 140 g/mol. The average Bonchev–Trinajstić information content (AvgIpc) is 2.64. The lowest BCUT2D eigenvalue weighted by molar-refractivity contribution is -0.0152. The number of rotatable bonds is 4. The molecule has 1 fully saturated rings. The highest BCUT2D eigenvalue weighted by molar-refractivity contribution is 4.84. The topological polar surface area (TPSA) is 32.8 Å². The lowest BCUT2D eigenvalue weighted by Gasteiger charge is -2.15. The second kappa shape index (κ2) is 3.11. The molecule has 2 atom stereocenters. The van der Waals surface area contributed by atoms with Crippen LogP contribution < -0.4 is 0 Å². The van der Waals surface area contributed by atoms with Crippen LogP contribution in [-0.2, 0) is 4.74 Å². The fourth-order valence-electron chi connectivity index (χ4n) is 1.17. The monoisotopic (exact) mass is 158 g/mol. The van der Waals surface area contributed by atoms with Gasteiger partial charge in [-0.3, -0.25) is 0 Å². The van der Waals surface area contributed by atoms with E-state index < -0.39 is 5.79 Å². The highest BCUT2D eigenvalue weighted by Gasteiger charge is 2.47. The van der Waals surface area contributed by atoms with Crippen molar-refractivity contribution in [1.29, 1.82) is 0 Å². The zero-order chi connectivity index (χ0) is 8.48. The molecule has 0 aliphatic carbocycles. The van der Waals surface area contributed by atoms with Crippen molar-refractivity contribution in [3.05, 3.63) is 0 Å². The molecule has 0 aromatic rings. The SMILES string of the molecule is CC(C)CCC(C)C1(O)CO1. The van der Waals surface area contributed by atoms with Crippen LogP contribution in [0.3, 0.4) is 0 Å². The van der Waals surface area contributed by atoms with Crippen LogP contribution >= 0.6 is 0 Å². The lowest BCUT2D eigenvalue weighted by Crippen LogP contribution is -2.21. The summed E-state index contributed by atoms with van der Waals surface area (Å²) in [7, 11) is 0. The Morgan fingerprint density at radius 2 is 1.91 bits per heavy atom. The molecule has 66 valence electrons. The van der Waals surface area contributed by atoms with Crippen molar-refractivity contribution < 1.29 is 9.84 Å². The van der Waals surface area contributed by atoms with Crippen molar-refractivity contribution in [2.24, 2.45) is 11.8 Å². The van der Waals surface area contributed by atoms with Gasteiger partial charge in [-0.1, -0.05) is 27.2 Å². The number of aliphatic hydroxyl groups is 1. The molecule has 0 aromatic carbocycles. The van der Waals surface area contributed by atoms with Crippen LogP contribution in [-0.4, -0.2) is 17.5 Å². The summed E-state index contributed by atoms with van der Waals surface area (Å²) in [6, 6.07) is 0. The maximum absolute atomic E-state index is 9.49. The van der Waals surface area contributed by atoms with Gasteiger partial charge in [0.25, 0.3) is 0 Å². The van der Waals surface area contributed by atoms with E-state index in [9.17, 15) is 5.11 Å². The van der Waals surface area contributed by atoms with Crippen LogP contribution in [0.1, 0.15) is 33.6 Å². The second-order valence-electron chi connectivity index (χ2n) is 4.01. The van der Waals surface area contributed by atoms with Gasteiger partial charge in [0.15, 0.2) is 5.79 Å². The van der Waals surface area contributed by atoms with Gasteiger partial charge < -0.3 is 9.84 Å². The maximum atomic E-state index is 9.49. The highest BCUT2D eigenvalue weighted by Crippen LogP contribution is 2.35. The maximum Gasteiger partial charge on any atom is 0.192 e. The highest BCUT2D eigenvalue weighted by atomic mass is 16.7. The Morgan fingerprint density at radius 3 is 2.27 bits per heavy atom. The van der Waals surface area contributed by atoms with Gasteiger partial charge in [0.1, 0.15) is 6.61 Å². The molecule has 1 aliphatic heterocycles. The number of hydrogen-bond donors (Lipinski definition) is 1. The van der Waals surface area contributed by atoms with Crippen LogP contribution in [0.5, 0.6) is 0 Å². The van der Waals surface area contributed by atoms with Gasteiger partial charge in [-0.25, -0.2) is 0 Å². The Balaban J connectivity index is 2.16. The fourth-order valence-corrected chi connectivity index (χ4v) is 1.17. The minimum absolute atomic E-state index is 0.296. The number of ether oxygens (including phenoxy) is 1. The Labute approximate surface area is 68.6 Å². The summed E-state index contributed by atoms with van der Waals surface area (Å²) in [6.45, 7) is 6.98. The van der Waals surface area contributed by atoms with Gasteiger partial charge in [0, 0.05) is 5.92 Å². The van der Waals surface area contributed by atoms with Gasteiger partial charge >= 0.3 is 0 Å². The first kappa shape index (κ1) is 9.01. The summed E-state index contributed by atoms with van der Waals surface area (Å²) in [5.41, 5.74) is 0. The molecule has 0 spiro atoms. The van der Waals surface area contributed by atoms with Crippen molar-refractivity contribution in [1.82, 2.24) is 0 Å². The molecule has 1 heterocycles. The minimum Gasteiger partial charge on any atom is -0.363 e. The van der Waals surface area contributed by atoms with E-state index in [2.05, 4.69) is 20.8 Å². The molecule has 2 unspecified atom stereocenters. The molecular formula is C9H18O2. The third-order valence-corrected chi connectivity index (χ3v) is 2.39. The van der Waals surface area contributed by atoms with Gasteiger partial charge in [0.05, 0.1) is 0 Å². The molecule has 0 radical (unpaired) electrons. The van der Waals surface area contributed by atoms with E-state index in [1.54, 1.807) is 0 Å². The number of hydrogen-bond acceptors (Lipinski definition) is 2. The van der Waals surface area contributed by atoms with Crippen LogP contribution in [0, 0.1) is 11.8 Å². The van der Waals surface area contributed by atoms with E-state index in [4.69, 9.17) is 4.74 Å². The van der Waals surface area contributed by atoms with Gasteiger partial charge in [-0.05, 0) is 12.3 Å². The molecule has 1 rings (SSSR count). The fraction of sp³-hybridized carbons (Fsp3) is 1.00. The second-order valence-corrected chi connectivity index (χ2v) is 4.01. The first-order valence-electron chi connectivity index (χ1n) is 4.41. The predicted molar refractivity (Wildman–Crippen MR) is 44.1 cm³/mol. The van der Waals surface area contributed by atoms with Crippen molar-refractivity contribution in [2.75, 3.05) is 6.61 Å². The molecule has 0 bridgehead atoms. The summed E-state index contributed by atoms with van der Waals surface area (Å²) >= 11 is 0. The van der Waals surface area contributed by atoms with E-state index in [1.807, 2.05) is 0 Å². The van der Waals surface area contributed by atoms with E-state index in [0.717, 1.165) is 12.3 Å². The summed E-state index contributed by atoms with van der Waals surface area (Å²) in [4.78, 5) is 0. The molecule has 0 aromatic heterocycles. The molecule has 1 aliphatic rings. The van der Waals surface area contributed by atoms with Crippen LogP contribution in [0.4, 0.5) is 0 Å². The average molecular weight is 158 g/mol. The van der Waals surface area contributed by atoms with E-state index in [1.165, 1.54) is 6.42 Å². The normalized spacial score (nSPS) is 32.5. The molecule has 11 heavy (non-hydrogen) atoms. The third-order valence-electron chi connectivity index (χ3n) is 2.39. The predicted octanol–water partition coefficient (Wildman–Crippen LogP) is 1.78. The van der Waals surface area contributed by atoms with Crippen LogP contribution in [0.15, 0.2) is 0 Å². The first-order valence-corrected chi connectivity index (χ1v) is 4.41. The van der Waals surface area contributed by atoms with Crippen molar-refractivity contribution >= 4 is 0 Å². The van der Waals surface area contributed by atoms with Crippen LogP contribution in [0.25, 0.3) is 0 Å². The smallest absolute Gasteiger partial charge is 0.192 e. The zero-order valence-electron chi connectivity index (χ0n) is 7.63. The molecule has 0 saturated carbocycles. The molecule has 2 heteroatoms. The van der Waals surface area contributed by atoms with Gasteiger partial charge in [0.2, 0.25) is 0 Å². The Morgan fingerprint density at radius 1 is 1.36 bits per heavy atom.